The van der Waals surface area contributed by atoms with E-state index < -0.39 is 16.0 Å². The standard InChI is InChI=1S/C21H22ClNO7S/c1-14-2-3-16(12-19(14)31(25,26)23-4-6-27-7-5-23)21(24)30-13-15-10-17(22)20-18(11-15)28-8-9-29-20/h2-3,10-12H,4-9,13H2,1H3. The number of aryl methyl sites for hydroxylation is 1. The summed E-state index contributed by atoms with van der Waals surface area (Å²) in [5, 5.41) is 0.373. The highest BCUT2D eigenvalue weighted by Crippen LogP contribution is 2.38. The Balaban J connectivity index is 1.51. The molecule has 0 atom stereocenters. The maximum atomic E-state index is 13.0. The van der Waals surface area contributed by atoms with Crippen LogP contribution in [-0.4, -0.2) is 58.2 Å². The molecule has 0 saturated carbocycles. The summed E-state index contributed by atoms with van der Waals surface area (Å²) in [6, 6.07) is 7.86. The molecule has 1 fully saturated rings. The van der Waals surface area contributed by atoms with Crippen molar-refractivity contribution in [3.63, 3.8) is 0 Å². The minimum atomic E-state index is -3.73. The van der Waals surface area contributed by atoms with Crippen LogP contribution in [0.15, 0.2) is 35.2 Å². The molecule has 0 spiro atoms. The molecule has 0 aromatic heterocycles. The lowest BCUT2D eigenvalue weighted by Crippen LogP contribution is -2.40. The van der Waals surface area contributed by atoms with Gasteiger partial charge in [-0.05, 0) is 42.3 Å². The topological polar surface area (TPSA) is 91.4 Å². The van der Waals surface area contributed by atoms with E-state index in [1.807, 2.05) is 0 Å². The summed E-state index contributed by atoms with van der Waals surface area (Å²) in [5.41, 5.74) is 1.35. The molecule has 10 heteroatoms. The Bertz CT molecular complexity index is 1100. The molecule has 2 aliphatic heterocycles. The number of halogens is 1. The van der Waals surface area contributed by atoms with Crippen LogP contribution < -0.4 is 9.47 Å². The number of benzene rings is 2. The normalized spacial score (nSPS) is 16.7. The number of esters is 1. The Morgan fingerprint density at radius 3 is 2.61 bits per heavy atom. The van der Waals surface area contributed by atoms with Gasteiger partial charge in [-0.25, -0.2) is 13.2 Å². The van der Waals surface area contributed by atoms with E-state index in [1.165, 1.54) is 10.4 Å². The highest BCUT2D eigenvalue weighted by Gasteiger charge is 2.28. The summed E-state index contributed by atoms with van der Waals surface area (Å²) in [7, 11) is -3.73. The summed E-state index contributed by atoms with van der Waals surface area (Å²) >= 11 is 6.22. The summed E-state index contributed by atoms with van der Waals surface area (Å²) in [4.78, 5) is 12.7. The van der Waals surface area contributed by atoms with Crippen molar-refractivity contribution in [1.29, 1.82) is 0 Å². The molecule has 0 N–H and O–H groups in total. The van der Waals surface area contributed by atoms with Gasteiger partial charge in [0.2, 0.25) is 10.0 Å². The van der Waals surface area contributed by atoms with Gasteiger partial charge in [0.1, 0.15) is 19.8 Å². The van der Waals surface area contributed by atoms with Crippen molar-refractivity contribution in [2.24, 2.45) is 0 Å². The number of hydrogen-bond acceptors (Lipinski definition) is 7. The van der Waals surface area contributed by atoms with Gasteiger partial charge in [0.25, 0.3) is 0 Å². The molecule has 2 aliphatic rings. The van der Waals surface area contributed by atoms with Crippen LogP contribution >= 0.6 is 11.6 Å². The molecule has 4 rings (SSSR count). The molecule has 0 amide bonds. The molecular formula is C21H22ClNO7S. The lowest BCUT2D eigenvalue weighted by molar-refractivity contribution is 0.0471. The Hall–Kier alpha value is -2.33. The van der Waals surface area contributed by atoms with E-state index >= 15 is 0 Å². The molecule has 0 aliphatic carbocycles. The largest absolute Gasteiger partial charge is 0.486 e. The second-order valence-electron chi connectivity index (χ2n) is 7.17. The molecular weight excluding hydrogens is 446 g/mol. The second kappa shape index (κ2) is 9.04. The number of fused-ring (bicyclic) bond motifs is 1. The number of ether oxygens (including phenoxy) is 4. The van der Waals surface area contributed by atoms with Crippen LogP contribution in [0.25, 0.3) is 0 Å². The van der Waals surface area contributed by atoms with Crippen LogP contribution in [0.2, 0.25) is 5.02 Å². The van der Waals surface area contributed by atoms with Crippen LogP contribution in [-0.2, 0) is 26.1 Å². The minimum Gasteiger partial charge on any atom is -0.486 e. The molecule has 0 unspecified atom stereocenters. The van der Waals surface area contributed by atoms with Gasteiger partial charge in [0, 0.05) is 13.1 Å². The zero-order valence-corrected chi connectivity index (χ0v) is 18.5. The molecule has 31 heavy (non-hydrogen) atoms. The Morgan fingerprint density at radius 1 is 1.10 bits per heavy atom. The first-order valence-electron chi connectivity index (χ1n) is 9.80. The third-order valence-corrected chi connectivity index (χ3v) is 7.36. The third-order valence-electron chi connectivity index (χ3n) is 5.04. The summed E-state index contributed by atoms with van der Waals surface area (Å²) < 4.78 is 49.0. The molecule has 0 radical (unpaired) electrons. The van der Waals surface area contributed by atoms with Crippen molar-refractivity contribution < 1.29 is 32.2 Å². The first kappa shape index (κ1) is 21.9. The molecule has 0 bridgehead atoms. The van der Waals surface area contributed by atoms with Crippen LogP contribution in [0, 0.1) is 6.92 Å². The number of nitrogens with zero attached hydrogens (tertiary/aromatic N) is 1. The lowest BCUT2D eigenvalue weighted by Gasteiger charge is -2.26. The summed E-state index contributed by atoms with van der Waals surface area (Å²) in [6.07, 6.45) is 0. The van der Waals surface area contributed by atoms with Crippen LogP contribution in [0.5, 0.6) is 11.5 Å². The minimum absolute atomic E-state index is 0.0470. The third kappa shape index (κ3) is 4.64. The first-order valence-corrected chi connectivity index (χ1v) is 11.6. The predicted octanol–water partition coefficient (Wildman–Crippen LogP) is 2.80. The number of rotatable bonds is 5. The summed E-state index contributed by atoms with van der Waals surface area (Å²) in [5.74, 6) is 0.336. The lowest BCUT2D eigenvalue weighted by atomic mass is 10.1. The smallest absolute Gasteiger partial charge is 0.338 e. The van der Waals surface area contributed by atoms with Gasteiger partial charge in [-0.1, -0.05) is 17.7 Å². The van der Waals surface area contributed by atoms with Crippen molar-refractivity contribution in [2.45, 2.75) is 18.4 Å². The van der Waals surface area contributed by atoms with E-state index in [2.05, 4.69) is 0 Å². The van der Waals surface area contributed by atoms with E-state index in [0.29, 0.717) is 54.1 Å². The Labute approximate surface area is 185 Å². The Morgan fingerprint density at radius 2 is 1.84 bits per heavy atom. The average Bonchev–Trinajstić information content (AvgIpc) is 2.78. The van der Waals surface area contributed by atoms with Gasteiger partial charge < -0.3 is 18.9 Å². The van der Waals surface area contributed by atoms with Crippen LogP contribution in [0.4, 0.5) is 0 Å². The van der Waals surface area contributed by atoms with Gasteiger partial charge in [-0.3, -0.25) is 0 Å². The number of hydrogen-bond donors (Lipinski definition) is 0. The van der Waals surface area contributed by atoms with Gasteiger partial charge in [-0.2, -0.15) is 4.31 Å². The SMILES string of the molecule is Cc1ccc(C(=O)OCc2cc(Cl)c3c(c2)OCCO3)cc1S(=O)(=O)N1CCOCC1. The average molecular weight is 468 g/mol. The van der Waals surface area contributed by atoms with E-state index in [4.69, 9.17) is 30.5 Å². The quantitative estimate of drug-likeness (QED) is 0.624. The molecule has 2 aromatic carbocycles. The second-order valence-corrected chi connectivity index (χ2v) is 9.49. The van der Waals surface area contributed by atoms with E-state index in [1.54, 1.807) is 31.2 Å². The van der Waals surface area contributed by atoms with Crippen molar-refractivity contribution in [2.75, 3.05) is 39.5 Å². The van der Waals surface area contributed by atoms with Crippen LogP contribution in [0.1, 0.15) is 21.5 Å². The van der Waals surface area contributed by atoms with Crippen molar-refractivity contribution in [3.05, 3.63) is 52.0 Å². The van der Waals surface area contributed by atoms with E-state index in [-0.39, 0.29) is 30.2 Å². The van der Waals surface area contributed by atoms with Gasteiger partial charge in [0.05, 0.1) is 28.7 Å². The molecule has 8 nitrogen and oxygen atoms in total. The molecule has 2 aromatic rings. The van der Waals surface area contributed by atoms with E-state index in [9.17, 15) is 13.2 Å². The zero-order chi connectivity index (χ0) is 22.0. The summed E-state index contributed by atoms with van der Waals surface area (Å²) in [6.45, 7) is 3.73. The number of carbonyl (C=O) groups excluding carboxylic acids is 1. The van der Waals surface area contributed by atoms with Crippen LogP contribution in [0.3, 0.4) is 0 Å². The zero-order valence-electron chi connectivity index (χ0n) is 16.9. The number of carbonyl (C=O) groups is 1. The Kier molecular flexibility index (Phi) is 6.38. The molecule has 2 heterocycles. The van der Waals surface area contributed by atoms with Gasteiger partial charge >= 0.3 is 5.97 Å². The number of sulfonamides is 1. The highest BCUT2D eigenvalue weighted by molar-refractivity contribution is 7.89. The van der Waals surface area contributed by atoms with Gasteiger partial charge in [0.15, 0.2) is 11.5 Å². The number of morpholine rings is 1. The van der Waals surface area contributed by atoms with Crippen molar-refractivity contribution in [1.82, 2.24) is 4.31 Å². The van der Waals surface area contributed by atoms with Crippen molar-refractivity contribution >= 4 is 27.6 Å². The fraction of sp³-hybridized carbons (Fsp3) is 0.381. The monoisotopic (exact) mass is 467 g/mol. The van der Waals surface area contributed by atoms with Crippen molar-refractivity contribution in [3.8, 4) is 11.5 Å². The first-order chi connectivity index (χ1) is 14.9. The van der Waals surface area contributed by atoms with Gasteiger partial charge in [-0.15, -0.1) is 0 Å². The molecule has 1 saturated heterocycles. The maximum Gasteiger partial charge on any atom is 0.338 e. The highest BCUT2D eigenvalue weighted by atomic mass is 35.5. The fourth-order valence-electron chi connectivity index (χ4n) is 3.41. The maximum absolute atomic E-state index is 13.0. The fourth-order valence-corrected chi connectivity index (χ4v) is 5.36. The van der Waals surface area contributed by atoms with E-state index in [0.717, 1.165) is 0 Å². The molecule has 166 valence electrons. The predicted molar refractivity (Wildman–Crippen MR) is 112 cm³/mol.